The number of nitro benzene ring substituents is 1. The molecule has 2 amide bonds. The van der Waals surface area contributed by atoms with Crippen molar-refractivity contribution in [2.24, 2.45) is 0 Å². The topological polar surface area (TPSA) is 92.6 Å². The van der Waals surface area contributed by atoms with E-state index < -0.39 is 10.8 Å². The summed E-state index contributed by atoms with van der Waals surface area (Å²) in [5.74, 6) is -0.766. The van der Waals surface area contributed by atoms with Crippen molar-refractivity contribution in [3.8, 4) is 0 Å². The molecule has 0 bridgehead atoms. The first kappa shape index (κ1) is 19.7. The fraction of sp³-hybridized carbons (Fsp3) is 0.105. The second-order valence-corrected chi connectivity index (χ2v) is 7.71. The lowest BCUT2D eigenvalue weighted by molar-refractivity contribution is -0.384. The van der Waals surface area contributed by atoms with Crippen molar-refractivity contribution in [3.05, 3.63) is 74.7 Å². The highest BCUT2D eigenvalue weighted by Crippen LogP contribution is 2.32. The molecule has 0 atom stereocenters. The zero-order valence-corrected chi connectivity index (χ0v) is 16.4. The number of amides is 2. The molecule has 28 heavy (non-hydrogen) atoms. The van der Waals surface area contributed by atoms with Crippen LogP contribution in [0.2, 0.25) is 0 Å². The highest BCUT2D eigenvalue weighted by molar-refractivity contribution is 8.26. The second-order valence-electron chi connectivity index (χ2n) is 6.03. The number of aryl methyl sites for hydroxylation is 1. The number of carbonyl (C=O) groups excluding carboxylic acids is 2. The summed E-state index contributed by atoms with van der Waals surface area (Å²) in [6.07, 6.45) is 1.53. The Bertz CT molecular complexity index is 1000. The predicted octanol–water partition coefficient (Wildman–Crippen LogP) is 3.74. The summed E-state index contributed by atoms with van der Waals surface area (Å²) < 4.78 is 0.265. The van der Waals surface area contributed by atoms with E-state index in [1.165, 1.54) is 23.1 Å². The maximum Gasteiger partial charge on any atom is 0.270 e. The van der Waals surface area contributed by atoms with Gasteiger partial charge in [0.1, 0.15) is 10.9 Å². The summed E-state index contributed by atoms with van der Waals surface area (Å²) in [5.41, 5.74) is 2.15. The van der Waals surface area contributed by atoms with Crippen LogP contribution in [0.15, 0.2) is 53.4 Å². The van der Waals surface area contributed by atoms with Gasteiger partial charge in [0, 0.05) is 17.8 Å². The molecule has 1 heterocycles. The third-order valence-corrected chi connectivity index (χ3v) is 5.27. The van der Waals surface area contributed by atoms with Crippen LogP contribution in [0.25, 0.3) is 6.08 Å². The Labute approximate surface area is 170 Å². The van der Waals surface area contributed by atoms with E-state index in [2.05, 4.69) is 5.32 Å². The number of carbonyl (C=O) groups is 2. The van der Waals surface area contributed by atoms with Crippen LogP contribution in [0.4, 0.5) is 11.4 Å². The fourth-order valence-electron chi connectivity index (χ4n) is 2.50. The van der Waals surface area contributed by atoms with Crippen LogP contribution in [0, 0.1) is 17.0 Å². The van der Waals surface area contributed by atoms with E-state index in [9.17, 15) is 19.7 Å². The Morgan fingerprint density at radius 1 is 1.29 bits per heavy atom. The number of nitro groups is 1. The molecule has 3 rings (SSSR count). The lowest BCUT2D eigenvalue weighted by Gasteiger charge is -2.14. The maximum absolute atomic E-state index is 12.6. The molecule has 7 nitrogen and oxygen atoms in total. The Morgan fingerprint density at radius 2 is 2.00 bits per heavy atom. The average molecular weight is 413 g/mol. The number of thioether (sulfide) groups is 1. The minimum atomic E-state index is -0.502. The molecule has 0 aliphatic carbocycles. The highest BCUT2D eigenvalue weighted by atomic mass is 32.2. The van der Waals surface area contributed by atoms with E-state index in [0.717, 1.165) is 17.3 Å². The lowest BCUT2D eigenvalue weighted by atomic mass is 10.2. The van der Waals surface area contributed by atoms with Gasteiger partial charge in [-0.25, -0.2) is 0 Å². The van der Waals surface area contributed by atoms with Gasteiger partial charge in [-0.1, -0.05) is 53.8 Å². The van der Waals surface area contributed by atoms with Crippen LogP contribution < -0.4 is 5.32 Å². The Hall–Kier alpha value is -3.04. The number of anilines is 1. The summed E-state index contributed by atoms with van der Waals surface area (Å²) in [6, 6.07) is 13.2. The van der Waals surface area contributed by atoms with Gasteiger partial charge in [0.15, 0.2) is 0 Å². The standard InChI is InChI=1S/C19H15N3O4S2/c1-12-5-7-14(8-6-12)20-17(23)11-21-18(24)16(28-19(21)27)10-13-3-2-4-15(9-13)22(25)26/h2-10H,11H2,1H3,(H,20,23)/b16-10-. The first-order valence-electron chi connectivity index (χ1n) is 8.20. The molecule has 1 aliphatic rings. The molecule has 0 saturated carbocycles. The van der Waals surface area contributed by atoms with Crippen LogP contribution in [0.1, 0.15) is 11.1 Å². The predicted molar refractivity (Wildman–Crippen MR) is 113 cm³/mol. The van der Waals surface area contributed by atoms with Gasteiger partial charge in [-0.05, 0) is 30.7 Å². The van der Waals surface area contributed by atoms with E-state index in [1.807, 2.05) is 19.1 Å². The van der Waals surface area contributed by atoms with E-state index in [0.29, 0.717) is 16.2 Å². The van der Waals surface area contributed by atoms with Gasteiger partial charge >= 0.3 is 0 Å². The number of rotatable bonds is 5. The molecule has 1 saturated heterocycles. The van der Waals surface area contributed by atoms with E-state index in [-0.39, 0.29) is 22.5 Å². The van der Waals surface area contributed by atoms with Crippen LogP contribution in [-0.2, 0) is 9.59 Å². The van der Waals surface area contributed by atoms with Crippen LogP contribution >= 0.6 is 24.0 Å². The Kier molecular flexibility index (Phi) is 5.86. The van der Waals surface area contributed by atoms with E-state index >= 15 is 0 Å². The first-order valence-corrected chi connectivity index (χ1v) is 9.42. The smallest absolute Gasteiger partial charge is 0.270 e. The van der Waals surface area contributed by atoms with Gasteiger partial charge < -0.3 is 5.32 Å². The molecule has 142 valence electrons. The van der Waals surface area contributed by atoms with Crippen LogP contribution in [0.3, 0.4) is 0 Å². The number of benzene rings is 2. The molecule has 1 fully saturated rings. The average Bonchev–Trinajstić information content (AvgIpc) is 2.91. The molecular weight excluding hydrogens is 398 g/mol. The van der Waals surface area contributed by atoms with Crippen molar-refractivity contribution in [2.45, 2.75) is 6.92 Å². The normalized spacial score (nSPS) is 15.2. The minimum Gasteiger partial charge on any atom is -0.325 e. The number of hydrogen-bond acceptors (Lipinski definition) is 6. The monoisotopic (exact) mass is 413 g/mol. The van der Waals surface area contributed by atoms with E-state index in [1.54, 1.807) is 24.3 Å². The lowest BCUT2D eigenvalue weighted by Crippen LogP contribution is -2.36. The molecule has 1 aliphatic heterocycles. The van der Waals surface area contributed by atoms with Gasteiger partial charge in [0.2, 0.25) is 5.91 Å². The summed E-state index contributed by atoms with van der Waals surface area (Å²) >= 11 is 6.28. The van der Waals surface area contributed by atoms with Crippen molar-refractivity contribution >= 4 is 57.6 Å². The number of thiocarbonyl (C=S) groups is 1. The molecule has 0 unspecified atom stereocenters. The molecule has 2 aromatic rings. The van der Waals surface area contributed by atoms with Gasteiger partial charge in [-0.2, -0.15) is 0 Å². The maximum atomic E-state index is 12.6. The molecule has 9 heteroatoms. The molecular formula is C19H15N3O4S2. The molecule has 1 N–H and O–H groups in total. The zero-order valence-electron chi connectivity index (χ0n) is 14.7. The van der Waals surface area contributed by atoms with E-state index in [4.69, 9.17) is 12.2 Å². The quantitative estimate of drug-likeness (QED) is 0.347. The third-order valence-electron chi connectivity index (χ3n) is 3.89. The summed E-state index contributed by atoms with van der Waals surface area (Å²) in [7, 11) is 0. The van der Waals surface area contributed by atoms with Crippen molar-refractivity contribution in [1.29, 1.82) is 0 Å². The summed E-state index contributed by atoms with van der Waals surface area (Å²) in [6.45, 7) is 1.74. The molecule has 0 spiro atoms. The Balaban J connectivity index is 1.71. The SMILES string of the molecule is Cc1ccc(NC(=O)CN2C(=O)/C(=C/c3cccc([N+](=O)[O-])c3)SC2=S)cc1. The highest BCUT2D eigenvalue weighted by Gasteiger charge is 2.33. The summed E-state index contributed by atoms with van der Waals surface area (Å²) in [5, 5.41) is 13.6. The number of nitrogens with one attached hydrogen (secondary N) is 1. The van der Waals surface area contributed by atoms with Gasteiger partial charge in [-0.3, -0.25) is 24.6 Å². The number of non-ortho nitro benzene ring substituents is 1. The van der Waals surface area contributed by atoms with Gasteiger partial charge in [-0.15, -0.1) is 0 Å². The first-order chi connectivity index (χ1) is 13.3. The van der Waals surface area contributed by atoms with Crippen LogP contribution in [0.5, 0.6) is 0 Å². The Morgan fingerprint density at radius 3 is 2.68 bits per heavy atom. The van der Waals surface area contributed by atoms with Crippen LogP contribution in [-0.4, -0.2) is 32.5 Å². The molecule has 2 aromatic carbocycles. The number of nitrogens with zero attached hydrogens (tertiary/aromatic N) is 2. The van der Waals surface area contributed by atoms with Crippen molar-refractivity contribution < 1.29 is 14.5 Å². The molecule has 0 aromatic heterocycles. The zero-order chi connectivity index (χ0) is 20.3. The third kappa shape index (κ3) is 4.62. The molecule has 0 radical (unpaired) electrons. The van der Waals surface area contributed by atoms with Crippen molar-refractivity contribution in [1.82, 2.24) is 4.90 Å². The fourth-order valence-corrected chi connectivity index (χ4v) is 3.75. The van der Waals surface area contributed by atoms with Crippen molar-refractivity contribution in [2.75, 3.05) is 11.9 Å². The summed E-state index contributed by atoms with van der Waals surface area (Å²) in [4.78, 5) is 36.8. The van der Waals surface area contributed by atoms with Crippen molar-refractivity contribution in [3.63, 3.8) is 0 Å². The van der Waals surface area contributed by atoms with Gasteiger partial charge in [0.25, 0.3) is 11.6 Å². The van der Waals surface area contributed by atoms with Gasteiger partial charge in [0.05, 0.1) is 9.83 Å². The largest absolute Gasteiger partial charge is 0.325 e. The minimum absolute atomic E-state index is 0.0679. The number of hydrogen-bond donors (Lipinski definition) is 1. The second kappa shape index (κ2) is 8.32.